The molecule has 2 aromatic rings. The monoisotopic (exact) mass is 677 g/mol. The van der Waals surface area contributed by atoms with Crippen LogP contribution in [-0.4, -0.2) is 59.1 Å². The summed E-state index contributed by atoms with van der Waals surface area (Å²) in [5, 5.41) is 26.8. The van der Waals surface area contributed by atoms with Crippen LogP contribution in [0.25, 0.3) is 0 Å². The molecule has 2 aliphatic carbocycles. The Hall–Kier alpha value is -4.38. The van der Waals surface area contributed by atoms with Crippen molar-refractivity contribution in [3.05, 3.63) is 58.7 Å². The number of aliphatic hydroxyl groups excluding tert-OH is 1. The highest BCUT2D eigenvalue weighted by Gasteiger charge is 2.18. The van der Waals surface area contributed by atoms with Crippen molar-refractivity contribution in [1.29, 1.82) is 0 Å². The number of ketones is 2. The molecular weight excluding hydrogens is 626 g/mol. The third-order valence-electron chi connectivity index (χ3n) is 8.77. The molecule has 2 aromatic carbocycles. The molecule has 4 rings (SSSR count). The molecule has 0 spiro atoms. The number of anilines is 2. The quantitative estimate of drug-likeness (QED) is 0.0620. The van der Waals surface area contributed by atoms with Gasteiger partial charge in [0.15, 0.2) is 11.6 Å². The summed E-state index contributed by atoms with van der Waals surface area (Å²) in [5.41, 5.74) is 6.14. The third kappa shape index (κ3) is 13.9. The number of carbonyl (C=O) groups is 5. The molecule has 0 unspecified atom stereocenters. The van der Waals surface area contributed by atoms with E-state index < -0.39 is 0 Å². The van der Waals surface area contributed by atoms with Crippen molar-refractivity contribution in [2.45, 2.75) is 116 Å². The smallest absolute Gasteiger partial charge is 0.305 e. The van der Waals surface area contributed by atoms with Gasteiger partial charge in [-0.05, 0) is 99.2 Å². The summed E-state index contributed by atoms with van der Waals surface area (Å²) in [5.74, 6) is -0.137. The molecule has 2 aliphatic rings. The molecular formula is C38H51N3O8. The van der Waals surface area contributed by atoms with Crippen LogP contribution in [-0.2, 0) is 36.8 Å². The molecule has 0 saturated carbocycles. The lowest BCUT2D eigenvalue weighted by molar-refractivity contribution is -0.140. The van der Waals surface area contributed by atoms with E-state index in [0.29, 0.717) is 37.8 Å². The maximum Gasteiger partial charge on any atom is 0.305 e. The van der Waals surface area contributed by atoms with Gasteiger partial charge in [-0.25, -0.2) is 0 Å². The van der Waals surface area contributed by atoms with E-state index in [1.807, 2.05) is 30.3 Å². The van der Waals surface area contributed by atoms with Crippen molar-refractivity contribution < 1.29 is 39.0 Å². The second-order valence-corrected chi connectivity index (χ2v) is 12.6. The summed E-state index contributed by atoms with van der Waals surface area (Å²) >= 11 is 0. The highest BCUT2D eigenvalue weighted by atomic mass is 16.5. The number of rotatable bonds is 17. The maximum absolute atomic E-state index is 12.0. The average molecular weight is 678 g/mol. The Morgan fingerprint density at radius 3 is 1.76 bits per heavy atom. The Bertz CT molecular complexity index is 1470. The fraction of sp³-hybridized carbons (Fsp3) is 0.526. The van der Waals surface area contributed by atoms with Gasteiger partial charge in [-0.2, -0.15) is 0 Å². The van der Waals surface area contributed by atoms with Crippen molar-refractivity contribution in [3.63, 3.8) is 0 Å². The number of benzene rings is 2. The minimum atomic E-state index is -0.380. The summed E-state index contributed by atoms with van der Waals surface area (Å²) in [6.45, 7) is -0.380. The fourth-order valence-electron chi connectivity index (χ4n) is 6.07. The van der Waals surface area contributed by atoms with Crippen molar-refractivity contribution in [2.24, 2.45) is 5.16 Å². The zero-order chi connectivity index (χ0) is 35.4. The Labute approximate surface area is 288 Å². The summed E-state index contributed by atoms with van der Waals surface area (Å²) in [4.78, 5) is 57.7. The van der Waals surface area contributed by atoms with Crippen LogP contribution >= 0.6 is 0 Å². The number of hydrogen-bond donors (Lipinski definition) is 4. The molecule has 0 atom stereocenters. The van der Waals surface area contributed by atoms with Crippen molar-refractivity contribution in [1.82, 2.24) is 0 Å². The predicted molar refractivity (Wildman–Crippen MR) is 188 cm³/mol. The SMILES string of the molecule is COC(=O)CCCCCCC(=O)Nc1ccc2c(c1)CCCC2=O.O=C(CO)CCCCCCC(=O)Nc1ccc2c(c1)CCC/C2=N\O. The molecule has 266 valence electrons. The Morgan fingerprint density at radius 1 is 0.694 bits per heavy atom. The molecule has 0 fully saturated rings. The summed E-state index contributed by atoms with van der Waals surface area (Å²) < 4.78 is 4.58. The largest absolute Gasteiger partial charge is 0.469 e. The number of methoxy groups -OCH3 is 1. The highest BCUT2D eigenvalue weighted by molar-refractivity contribution is 6.03. The molecule has 0 aliphatic heterocycles. The van der Waals surface area contributed by atoms with Crippen LogP contribution < -0.4 is 10.6 Å². The highest BCUT2D eigenvalue weighted by Crippen LogP contribution is 2.26. The first kappa shape index (κ1) is 39.1. The number of Topliss-reactive ketones (excluding diaryl/α,β-unsaturated/α-hetero) is 2. The van der Waals surface area contributed by atoms with Gasteiger partial charge in [0.2, 0.25) is 11.8 Å². The van der Waals surface area contributed by atoms with Crippen molar-refractivity contribution in [2.75, 3.05) is 24.4 Å². The van der Waals surface area contributed by atoms with Crippen LogP contribution in [0, 0.1) is 0 Å². The first-order chi connectivity index (χ1) is 23.7. The number of aryl methyl sites for hydroxylation is 2. The maximum atomic E-state index is 12.0. The lowest BCUT2D eigenvalue weighted by Crippen LogP contribution is -2.15. The number of unbranched alkanes of at least 4 members (excludes halogenated alkanes) is 6. The summed E-state index contributed by atoms with van der Waals surface area (Å²) in [7, 11) is 1.39. The first-order valence-corrected chi connectivity index (χ1v) is 17.5. The number of hydrogen-bond acceptors (Lipinski definition) is 9. The topological polar surface area (TPSA) is 171 Å². The third-order valence-corrected chi connectivity index (χ3v) is 8.77. The van der Waals surface area contributed by atoms with Gasteiger partial charge in [-0.1, -0.05) is 36.9 Å². The Kier molecular flexibility index (Phi) is 17.2. The molecule has 0 bridgehead atoms. The number of nitrogens with zero attached hydrogens (tertiary/aromatic N) is 1. The predicted octanol–water partition coefficient (Wildman–Crippen LogP) is 6.70. The van der Waals surface area contributed by atoms with Crippen LogP contribution in [0.1, 0.15) is 130 Å². The second-order valence-electron chi connectivity index (χ2n) is 12.6. The van der Waals surface area contributed by atoms with Gasteiger partial charge < -0.3 is 25.7 Å². The molecule has 0 radical (unpaired) electrons. The number of fused-ring (bicyclic) bond motifs is 2. The fourth-order valence-corrected chi connectivity index (χ4v) is 6.07. The van der Waals surface area contributed by atoms with Crippen molar-refractivity contribution >= 4 is 46.4 Å². The van der Waals surface area contributed by atoms with E-state index >= 15 is 0 Å². The van der Waals surface area contributed by atoms with E-state index in [-0.39, 0.29) is 36.0 Å². The van der Waals surface area contributed by atoms with Crippen LogP contribution in [0.4, 0.5) is 11.4 Å². The van der Waals surface area contributed by atoms with Crippen LogP contribution in [0.2, 0.25) is 0 Å². The molecule has 0 heterocycles. The number of aliphatic hydroxyl groups is 1. The minimum Gasteiger partial charge on any atom is -0.469 e. The molecule has 4 N–H and O–H groups in total. The zero-order valence-electron chi connectivity index (χ0n) is 28.7. The lowest BCUT2D eigenvalue weighted by Gasteiger charge is -2.18. The summed E-state index contributed by atoms with van der Waals surface area (Å²) in [6, 6.07) is 11.2. The van der Waals surface area contributed by atoms with E-state index in [1.165, 1.54) is 7.11 Å². The standard InChI is InChI=1S/C19H26N2O4.C19H25NO4/c22-13-16(23)7-3-1-2-4-9-19(24)20-15-10-11-17-14(12-15)6-5-8-18(17)21-25;1-24-19(23)10-5-3-2-4-9-18(22)20-15-11-12-16-14(13-15)7-6-8-17(16)21/h10-12,22,25H,1-9,13H2,(H,20,24);11-13H,2-10H2,1H3,(H,20,22)/b21-18+;. The van der Waals surface area contributed by atoms with Crippen LogP contribution in [0.15, 0.2) is 41.6 Å². The van der Waals surface area contributed by atoms with Gasteiger partial charge in [0, 0.05) is 54.6 Å². The van der Waals surface area contributed by atoms with Gasteiger partial charge in [-0.15, -0.1) is 0 Å². The lowest BCUT2D eigenvalue weighted by atomic mass is 9.90. The van der Waals surface area contributed by atoms with Crippen molar-refractivity contribution in [3.8, 4) is 0 Å². The first-order valence-electron chi connectivity index (χ1n) is 17.5. The zero-order valence-corrected chi connectivity index (χ0v) is 28.7. The molecule has 11 nitrogen and oxygen atoms in total. The number of oxime groups is 1. The van der Waals surface area contributed by atoms with Crippen LogP contribution in [0.3, 0.4) is 0 Å². The van der Waals surface area contributed by atoms with Gasteiger partial charge >= 0.3 is 5.97 Å². The molecule has 49 heavy (non-hydrogen) atoms. The van der Waals surface area contributed by atoms with E-state index in [4.69, 9.17) is 10.3 Å². The normalized spacial score (nSPS) is 14.2. The summed E-state index contributed by atoms with van der Waals surface area (Å²) in [6.07, 6.45) is 13.6. The number of carbonyl (C=O) groups excluding carboxylic acids is 5. The number of amides is 2. The van der Waals surface area contributed by atoms with Gasteiger partial charge in [0.1, 0.15) is 6.61 Å². The molecule has 0 aromatic heterocycles. The Balaban J connectivity index is 0.000000266. The van der Waals surface area contributed by atoms with Gasteiger partial charge in [0.05, 0.1) is 12.8 Å². The molecule has 11 heteroatoms. The number of nitrogens with one attached hydrogen (secondary N) is 2. The van der Waals surface area contributed by atoms with E-state index in [1.54, 1.807) is 6.07 Å². The van der Waals surface area contributed by atoms with E-state index in [0.717, 1.165) is 117 Å². The average Bonchev–Trinajstić information content (AvgIpc) is 3.10. The number of ether oxygens (including phenoxy) is 1. The number of esters is 1. The van der Waals surface area contributed by atoms with Crippen LogP contribution in [0.5, 0.6) is 0 Å². The molecule has 0 saturated heterocycles. The Morgan fingerprint density at radius 2 is 1.20 bits per heavy atom. The van der Waals surface area contributed by atoms with E-state index in [2.05, 4.69) is 20.5 Å². The van der Waals surface area contributed by atoms with Gasteiger partial charge in [0.25, 0.3) is 0 Å². The van der Waals surface area contributed by atoms with E-state index in [9.17, 15) is 24.0 Å². The second kappa shape index (κ2) is 21.6. The molecule has 2 amide bonds. The van der Waals surface area contributed by atoms with Gasteiger partial charge in [-0.3, -0.25) is 24.0 Å². The minimum absolute atomic E-state index is 0.00921.